The SMILES string of the molecule is CN(C)CCNC(=O)c1ccc(N/C(=C2\C(=O)Nc3cc(Cl)ccc32)c2ccccc2)cc1. The van der Waals surface area contributed by atoms with Crippen molar-refractivity contribution in [1.29, 1.82) is 0 Å². The molecule has 6 nitrogen and oxygen atoms in total. The van der Waals surface area contributed by atoms with Crippen LogP contribution < -0.4 is 16.0 Å². The molecule has 3 aromatic rings. The number of carbonyl (C=O) groups is 2. The second-order valence-electron chi connectivity index (χ2n) is 8.02. The quantitative estimate of drug-likeness (QED) is 0.452. The average Bonchev–Trinajstić information content (AvgIpc) is 3.12. The Kier molecular flexibility index (Phi) is 6.77. The lowest BCUT2D eigenvalue weighted by Crippen LogP contribution is -2.31. The zero-order chi connectivity index (χ0) is 23.4. The molecule has 0 radical (unpaired) electrons. The van der Waals surface area contributed by atoms with Crippen LogP contribution in [0, 0.1) is 0 Å². The normalized spacial score (nSPS) is 14.0. The van der Waals surface area contributed by atoms with Gasteiger partial charge in [0.2, 0.25) is 0 Å². The molecule has 3 N–H and O–H groups in total. The van der Waals surface area contributed by atoms with Crippen molar-refractivity contribution in [2.75, 3.05) is 37.8 Å². The van der Waals surface area contributed by atoms with Gasteiger partial charge < -0.3 is 20.9 Å². The third-order valence-corrected chi connectivity index (χ3v) is 5.53. The van der Waals surface area contributed by atoms with E-state index in [4.69, 9.17) is 11.6 Å². The number of anilines is 2. The van der Waals surface area contributed by atoms with Gasteiger partial charge in [0.05, 0.1) is 17.0 Å². The lowest BCUT2D eigenvalue weighted by Gasteiger charge is -2.15. The number of fused-ring (bicyclic) bond motifs is 1. The molecule has 168 valence electrons. The monoisotopic (exact) mass is 460 g/mol. The van der Waals surface area contributed by atoms with Gasteiger partial charge in [0.25, 0.3) is 11.8 Å². The summed E-state index contributed by atoms with van der Waals surface area (Å²) in [7, 11) is 3.92. The van der Waals surface area contributed by atoms with Crippen LogP contribution in [0.25, 0.3) is 11.3 Å². The van der Waals surface area contributed by atoms with Crippen LogP contribution in [0.15, 0.2) is 72.8 Å². The Bertz CT molecular complexity index is 1200. The number of halogens is 1. The molecule has 1 aliphatic heterocycles. The first-order valence-electron chi connectivity index (χ1n) is 10.6. The molecular weight excluding hydrogens is 436 g/mol. The summed E-state index contributed by atoms with van der Waals surface area (Å²) in [4.78, 5) is 27.3. The molecule has 0 fully saturated rings. The van der Waals surface area contributed by atoms with Crippen LogP contribution in [-0.2, 0) is 4.79 Å². The lowest BCUT2D eigenvalue weighted by atomic mass is 10.00. The molecule has 0 aromatic heterocycles. The fourth-order valence-corrected chi connectivity index (χ4v) is 3.79. The number of nitrogens with one attached hydrogen (secondary N) is 3. The highest BCUT2D eigenvalue weighted by molar-refractivity contribution is 6.38. The van der Waals surface area contributed by atoms with E-state index in [0.717, 1.165) is 23.4 Å². The summed E-state index contributed by atoms with van der Waals surface area (Å²) < 4.78 is 0. The van der Waals surface area contributed by atoms with Crippen LogP contribution in [-0.4, -0.2) is 43.9 Å². The second kappa shape index (κ2) is 9.90. The molecule has 0 aliphatic carbocycles. The highest BCUT2D eigenvalue weighted by Crippen LogP contribution is 2.38. The predicted molar refractivity (Wildman–Crippen MR) is 134 cm³/mol. The van der Waals surface area contributed by atoms with E-state index in [1.54, 1.807) is 24.3 Å². The summed E-state index contributed by atoms with van der Waals surface area (Å²) in [6, 6.07) is 22.2. The third-order valence-electron chi connectivity index (χ3n) is 5.30. The highest BCUT2D eigenvalue weighted by Gasteiger charge is 2.28. The van der Waals surface area contributed by atoms with Crippen LogP contribution >= 0.6 is 11.6 Å². The highest BCUT2D eigenvalue weighted by atomic mass is 35.5. The third kappa shape index (κ3) is 5.25. The van der Waals surface area contributed by atoms with Gasteiger partial charge in [-0.1, -0.05) is 48.0 Å². The van der Waals surface area contributed by atoms with E-state index >= 15 is 0 Å². The number of rotatable bonds is 7. The number of benzene rings is 3. The molecule has 3 aromatic carbocycles. The predicted octanol–water partition coefficient (Wildman–Crippen LogP) is 4.56. The molecule has 0 saturated carbocycles. The Morgan fingerprint density at radius 3 is 2.39 bits per heavy atom. The minimum absolute atomic E-state index is 0.119. The fraction of sp³-hybridized carbons (Fsp3) is 0.154. The Morgan fingerprint density at radius 1 is 0.970 bits per heavy atom. The molecular formula is C26H25ClN4O2. The number of amides is 2. The smallest absolute Gasteiger partial charge is 0.258 e. The van der Waals surface area contributed by atoms with Crippen LogP contribution in [0.3, 0.4) is 0 Å². The minimum Gasteiger partial charge on any atom is -0.354 e. The van der Waals surface area contributed by atoms with Crippen LogP contribution in [0.2, 0.25) is 5.02 Å². The van der Waals surface area contributed by atoms with Crippen molar-refractivity contribution in [2.24, 2.45) is 0 Å². The van der Waals surface area contributed by atoms with E-state index < -0.39 is 0 Å². The molecule has 1 heterocycles. The molecule has 33 heavy (non-hydrogen) atoms. The van der Waals surface area contributed by atoms with Crippen molar-refractivity contribution in [2.45, 2.75) is 0 Å². The van der Waals surface area contributed by atoms with E-state index in [1.807, 2.05) is 67.5 Å². The molecule has 7 heteroatoms. The second-order valence-corrected chi connectivity index (χ2v) is 8.46. The summed E-state index contributed by atoms with van der Waals surface area (Å²) in [5.74, 6) is -0.318. The lowest BCUT2D eigenvalue weighted by molar-refractivity contribution is -0.110. The maximum absolute atomic E-state index is 12.9. The standard InChI is InChI=1S/C26H25ClN4O2/c1-31(2)15-14-28-25(32)18-8-11-20(12-9-18)29-24(17-6-4-3-5-7-17)23-21-13-10-19(27)16-22(21)30-26(23)33/h3-13,16,29H,14-15H2,1-2H3,(H,28,32)(H,30,33)/b24-23-. The molecule has 1 aliphatic rings. The number of likely N-dealkylation sites (N-methyl/N-ethyl adjacent to an activating group) is 1. The number of carbonyl (C=O) groups excluding carboxylic acids is 2. The largest absolute Gasteiger partial charge is 0.354 e. The van der Waals surface area contributed by atoms with Gasteiger partial charge in [-0.15, -0.1) is 0 Å². The summed E-state index contributed by atoms with van der Waals surface area (Å²) in [5.41, 5.74) is 4.90. The summed E-state index contributed by atoms with van der Waals surface area (Å²) in [6.07, 6.45) is 0. The van der Waals surface area contributed by atoms with Crippen LogP contribution in [0.5, 0.6) is 0 Å². The molecule has 4 rings (SSSR count). The van der Waals surface area contributed by atoms with Gasteiger partial charge in [0.15, 0.2) is 0 Å². The molecule has 0 unspecified atom stereocenters. The molecule has 0 saturated heterocycles. The van der Waals surface area contributed by atoms with E-state index in [1.165, 1.54) is 0 Å². The zero-order valence-corrected chi connectivity index (χ0v) is 19.2. The van der Waals surface area contributed by atoms with Gasteiger partial charge in [0.1, 0.15) is 0 Å². The summed E-state index contributed by atoms with van der Waals surface area (Å²) in [5, 5.41) is 9.76. The fourth-order valence-electron chi connectivity index (χ4n) is 3.62. The Hall–Kier alpha value is -3.61. The Morgan fingerprint density at radius 2 is 1.70 bits per heavy atom. The summed E-state index contributed by atoms with van der Waals surface area (Å²) >= 11 is 6.11. The Balaban J connectivity index is 1.64. The van der Waals surface area contributed by atoms with Crippen molar-refractivity contribution < 1.29 is 9.59 Å². The van der Waals surface area contributed by atoms with Crippen molar-refractivity contribution in [3.05, 3.63) is 94.5 Å². The molecule has 2 amide bonds. The molecule has 0 atom stereocenters. The first-order valence-corrected chi connectivity index (χ1v) is 11.0. The zero-order valence-electron chi connectivity index (χ0n) is 18.5. The number of nitrogens with zero attached hydrogens (tertiary/aromatic N) is 1. The molecule has 0 spiro atoms. The van der Waals surface area contributed by atoms with Crippen molar-refractivity contribution in [3.8, 4) is 0 Å². The minimum atomic E-state index is -0.199. The van der Waals surface area contributed by atoms with Gasteiger partial charge in [0, 0.05) is 34.9 Å². The maximum atomic E-state index is 12.9. The van der Waals surface area contributed by atoms with E-state index in [-0.39, 0.29) is 11.8 Å². The number of hydrogen-bond acceptors (Lipinski definition) is 4. The van der Waals surface area contributed by atoms with Crippen molar-refractivity contribution in [1.82, 2.24) is 10.2 Å². The van der Waals surface area contributed by atoms with Gasteiger partial charge >= 0.3 is 0 Å². The van der Waals surface area contributed by atoms with Gasteiger partial charge in [-0.3, -0.25) is 9.59 Å². The van der Waals surface area contributed by atoms with Crippen molar-refractivity contribution >= 4 is 46.1 Å². The molecule has 0 bridgehead atoms. The van der Waals surface area contributed by atoms with E-state index in [9.17, 15) is 9.59 Å². The van der Waals surface area contributed by atoms with Crippen LogP contribution in [0.1, 0.15) is 21.5 Å². The summed E-state index contributed by atoms with van der Waals surface area (Å²) in [6.45, 7) is 1.35. The first kappa shape index (κ1) is 22.6. The average molecular weight is 461 g/mol. The maximum Gasteiger partial charge on any atom is 0.258 e. The van der Waals surface area contributed by atoms with E-state index in [0.29, 0.717) is 34.1 Å². The number of hydrogen-bond donors (Lipinski definition) is 3. The van der Waals surface area contributed by atoms with Crippen molar-refractivity contribution in [3.63, 3.8) is 0 Å². The Labute approximate surface area is 198 Å². The first-order chi connectivity index (χ1) is 15.9. The van der Waals surface area contributed by atoms with E-state index in [2.05, 4.69) is 16.0 Å². The topological polar surface area (TPSA) is 73.5 Å². The van der Waals surface area contributed by atoms with Crippen LogP contribution in [0.4, 0.5) is 11.4 Å². The van der Waals surface area contributed by atoms with Gasteiger partial charge in [-0.05, 0) is 56.1 Å². The van der Waals surface area contributed by atoms with Gasteiger partial charge in [-0.25, -0.2) is 0 Å². The van der Waals surface area contributed by atoms with Gasteiger partial charge in [-0.2, -0.15) is 0 Å².